The molecule has 6 heteroatoms. The fraction of sp³-hybridized carbons (Fsp3) is 0.667. The zero-order chi connectivity index (χ0) is 9.23. The van der Waals surface area contributed by atoms with Gasteiger partial charge in [0.2, 0.25) is 12.2 Å². The maximum Gasteiger partial charge on any atom is 0.461 e. The normalized spacial score (nSPS) is 11.1. The molecule has 5 nitrogen and oxygen atoms in total. The van der Waals surface area contributed by atoms with Gasteiger partial charge < -0.3 is 4.43 Å². The number of unbranched alkanes of at least 4 members (excludes halogenated alkanes) is 1. The molecule has 0 fully saturated rings. The van der Waals surface area contributed by atoms with Crippen LogP contribution in [-0.4, -0.2) is 28.1 Å². The Bertz CT molecular complexity index is 191. The first-order valence-electron chi connectivity index (χ1n) is 3.60. The highest BCUT2D eigenvalue weighted by atomic mass is 28.3. The molecule has 0 bridgehead atoms. The summed E-state index contributed by atoms with van der Waals surface area (Å²) in [7, 11) is -2.36. The average molecular weight is 186 g/mol. The lowest BCUT2D eigenvalue weighted by atomic mass is 10.4. The predicted octanol–water partition coefficient (Wildman–Crippen LogP) is 0.192. The van der Waals surface area contributed by atoms with Gasteiger partial charge in [0.15, 0.2) is 0 Å². The van der Waals surface area contributed by atoms with E-state index in [9.17, 15) is 9.59 Å². The van der Waals surface area contributed by atoms with Crippen LogP contribution in [0.15, 0.2) is 9.32 Å². The fourth-order valence-electron chi connectivity index (χ4n) is 0.527. The fourth-order valence-corrected chi connectivity index (χ4v) is 1.29. The monoisotopic (exact) mass is 186 g/mol. The molecule has 0 saturated heterocycles. The lowest BCUT2D eigenvalue weighted by Crippen LogP contribution is -2.13. The summed E-state index contributed by atoms with van der Waals surface area (Å²) in [5.74, 6) is 0. The first-order valence-corrected chi connectivity index (χ1v) is 5.11. The molecule has 12 heavy (non-hydrogen) atoms. The molecule has 0 N–H and O–H groups in total. The molecule has 0 saturated carbocycles. The standard InChI is InChI=1S/C6H10N2O3Si/c1-2-3-4-11-12(7-5-9)8-6-10/h12H,2-4H2,1H3. The average Bonchev–Trinajstić information content (AvgIpc) is 2.06. The van der Waals surface area contributed by atoms with Gasteiger partial charge in [0, 0.05) is 6.61 Å². The lowest BCUT2D eigenvalue weighted by Gasteiger charge is -2.01. The number of hydrogen-bond acceptors (Lipinski definition) is 5. The van der Waals surface area contributed by atoms with E-state index >= 15 is 0 Å². The Morgan fingerprint density at radius 1 is 1.33 bits per heavy atom. The molecule has 66 valence electrons. The number of carbonyl (C=O) groups excluding carboxylic acids is 2. The van der Waals surface area contributed by atoms with Crippen LogP contribution in [0.5, 0.6) is 0 Å². The molecular formula is C6H10N2O3Si. The second kappa shape index (κ2) is 8.04. The van der Waals surface area contributed by atoms with Crippen LogP contribution in [0.3, 0.4) is 0 Å². The Kier molecular flexibility index (Phi) is 7.33. The van der Waals surface area contributed by atoms with Crippen LogP contribution in [0.2, 0.25) is 0 Å². The van der Waals surface area contributed by atoms with Crippen molar-refractivity contribution in [3.63, 3.8) is 0 Å². The summed E-state index contributed by atoms with van der Waals surface area (Å²) < 4.78 is 11.6. The number of isocyanates is 2. The highest BCUT2D eigenvalue weighted by Gasteiger charge is 2.07. The third-order valence-electron chi connectivity index (χ3n) is 1.09. The molecule has 0 rings (SSSR count). The van der Waals surface area contributed by atoms with E-state index < -0.39 is 9.36 Å². The Balaban J connectivity index is 3.78. The van der Waals surface area contributed by atoms with Crippen molar-refractivity contribution >= 4 is 21.5 Å². The first kappa shape index (κ1) is 10.9. The Hall–Kier alpha value is -1.06. The third kappa shape index (κ3) is 5.70. The van der Waals surface area contributed by atoms with Gasteiger partial charge >= 0.3 is 9.36 Å². The van der Waals surface area contributed by atoms with Gasteiger partial charge in [-0.15, -0.1) is 0 Å². The van der Waals surface area contributed by atoms with Crippen LogP contribution < -0.4 is 0 Å². The van der Waals surface area contributed by atoms with Gasteiger partial charge in [-0.3, -0.25) is 0 Å². The van der Waals surface area contributed by atoms with E-state index in [0.717, 1.165) is 12.8 Å². The van der Waals surface area contributed by atoms with E-state index in [1.807, 2.05) is 6.92 Å². The highest BCUT2D eigenvalue weighted by molar-refractivity contribution is 6.49. The molecule has 0 aromatic heterocycles. The van der Waals surface area contributed by atoms with E-state index in [2.05, 4.69) is 9.32 Å². The lowest BCUT2D eigenvalue weighted by molar-refractivity contribution is 0.312. The summed E-state index contributed by atoms with van der Waals surface area (Å²) >= 11 is 0. The molecule has 0 atom stereocenters. The predicted molar refractivity (Wildman–Crippen MR) is 44.3 cm³/mol. The van der Waals surface area contributed by atoms with Gasteiger partial charge in [0.1, 0.15) is 0 Å². The van der Waals surface area contributed by atoms with Crippen LogP contribution in [0.1, 0.15) is 19.8 Å². The van der Waals surface area contributed by atoms with Crippen LogP contribution >= 0.6 is 0 Å². The molecule has 0 aromatic carbocycles. The summed E-state index contributed by atoms with van der Waals surface area (Å²) in [5.41, 5.74) is 0. The largest absolute Gasteiger partial charge is 0.461 e. The molecule has 0 aliphatic rings. The molecule has 0 spiro atoms. The molecule has 0 aromatic rings. The number of hydrogen-bond donors (Lipinski definition) is 0. The maximum absolute atomic E-state index is 9.80. The van der Waals surface area contributed by atoms with E-state index in [1.165, 1.54) is 12.2 Å². The van der Waals surface area contributed by atoms with Crippen LogP contribution in [0, 0.1) is 0 Å². The van der Waals surface area contributed by atoms with Gasteiger partial charge in [0.25, 0.3) is 0 Å². The summed E-state index contributed by atoms with van der Waals surface area (Å²) in [6.07, 6.45) is 4.49. The van der Waals surface area contributed by atoms with Crippen molar-refractivity contribution in [2.45, 2.75) is 19.8 Å². The van der Waals surface area contributed by atoms with Gasteiger partial charge in [-0.05, 0) is 6.42 Å². The zero-order valence-corrected chi connectivity index (χ0v) is 7.97. The topological polar surface area (TPSA) is 68.1 Å². The van der Waals surface area contributed by atoms with E-state index in [1.54, 1.807) is 0 Å². The van der Waals surface area contributed by atoms with E-state index in [4.69, 9.17) is 4.43 Å². The van der Waals surface area contributed by atoms with Crippen molar-refractivity contribution < 1.29 is 14.0 Å². The van der Waals surface area contributed by atoms with Gasteiger partial charge in [0.05, 0.1) is 0 Å². The summed E-state index contributed by atoms with van der Waals surface area (Å²) in [6, 6.07) is 0. The summed E-state index contributed by atoms with van der Waals surface area (Å²) in [5, 5.41) is 0. The van der Waals surface area contributed by atoms with Gasteiger partial charge in [-0.2, -0.15) is 9.32 Å². The van der Waals surface area contributed by atoms with Crippen LogP contribution in [0.25, 0.3) is 0 Å². The molecule has 0 aliphatic heterocycles. The molecular weight excluding hydrogens is 176 g/mol. The second-order valence-electron chi connectivity index (χ2n) is 1.99. The molecule has 0 heterocycles. The maximum atomic E-state index is 9.80. The Labute approximate surface area is 72.1 Å². The van der Waals surface area contributed by atoms with Gasteiger partial charge in [-0.1, -0.05) is 13.3 Å². The Morgan fingerprint density at radius 2 is 1.92 bits per heavy atom. The number of nitrogens with zero attached hydrogens (tertiary/aromatic N) is 2. The van der Waals surface area contributed by atoms with Crippen molar-refractivity contribution in [3.05, 3.63) is 0 Å². The summed E-state index contributed by atoms with van der Waals surface area (Å²) in [4.78, 5) is 19.6. The minimum Gasteiger partial charge on any atom is -0.383 e. The second-order valence-corrected chi connectivity index (χ2v) is 3.49. The minimum atomic E-state index is -2.36. The third-order valence-corrected chi connectivity index (χ3v) is 2.28. The van der Waals surface area contributed by atoms with Crippen molar-refractivity contribution in [2.75, 3.05) is 6.61 Å². The quantitative estimate of drug-likeness (QED) is 0.257. The van der Waals surface area contributed by atoms with Crippen molar-refractivity contribution in [1.82, 2.24) is 0 Å². The van der Waals surface area contributed by atoms with Gasteiger partial charge in [-0.25, -0.2) is 9.59 Å². The number of rotatable bonds is 6. The molecule has 0 amide bonds. The molecule has 0 unspecified atom stereocenters. The van der Waals surface area contributed by atoms with E-state index in [-0.39, 0.29) is 0 Å². The van der Waals surface area contributed by atoms with Crippen LogP contribution in [-0.2, 0) is 14.0 Å². The summed E-state index contributed by atoms with van der Waals surface area (Å²) in [6.45, 7) is 2.48. The highest BCUT2D eigenvalue weighted by Crippen LogP contribution is 1.93. The van der Waals surface area contributed by atoms with Crippen molar-refractivity contribution in [2.24, 2.45) is 9.32 Å². The van der Waals surface area contributed by atoms with Crippen LogP contribution in [0.4, 0.5) is 0 Å². The first-order chi connectivity index (χ1) is 5.85. The molecule has 0 aliphatic carbocycles. The smallest absolute Gasteiger partial charge is 0.383 e. The van der Waals surface area contributed by atoms with Crippen molar-refractivity contribution in [1.29, 1.82) is 0 Å². The Morgan fingerprint density at radius 3 is 2.33 bits per heavy atom. The zero-order valence-electron chi connectivity index (χ0n) is 6.82. The van der Waals surface area contributed by atoms with Crippen molar-refractivity contribution in [3.8, 4) is 0 Å². The minimum absolute atomic E-state index is 0.476. The van der Waals surface area contributed by atoms with E-state index in [0.29, 0.717) is 6.61 Å². The SMILES string of the molecule is CCCCO[SiH](N=C=O)N=C=O. The molecule has 0 radical (unpaired) electrons.